The van der Waals surface area contributed by atoms with E-state index in [1.54, 1.807) is 7.05 Å². The number of aromatic nitrogens is 4. The molecule has 8 heteroatoms. The first-order chi connectivity index (χ1) is 6.61. The summed E-state index contributed by atoms with van der Waals surface area (Å²) in [5.74, 6) is 5.53. The highest BCUT2D eigenvalue weighted by Gasteiger charge is 2.07. The summed E-state index contributed by atoms with van der Waals surface area (Å²) in [6.45, 7) is 1.94. The Kier molecular flexibility index (Phi) is 3.35. The molecule has 0 amide bonds. The summed E-state index contributed by atoms with van der Waals surface area (Å²) in [5, 5.41) is 12.1. The number of anilines is 1. The predicted octanol–water partition coefficient (Wildman–Crippen LogP) is -1.45. The third-order valence-corrected chi connectivity index (χ3v) is 1.44. The van der Waals surface area contributed by atoms with Crippen molar-refractivity contribution in [3.05, 3.63) is 0 Å². The van der Waals surface area contributed by atoms with Crippen LogP contribution in [0, 0.1) is 0 Å². The van der Waals surface area contributed by atoms with Crippen LogP contribution in [0.3, 0.4) is 0 Å². The number of hydrogen-bond donors (Lipinski definition) is 1. The third-order valence-electron chi connectivity index (χ3n) is 1.44. The van der Waals surface area contributed by atoms with Gasteiger partial charge in [0.25, 0.3) is 5.95 Å². The lowest BCUT2D eigenvalue weighted by Gasteiger charge is -2.10. The molecule has 0 aliphatic carbocycles. The van der Waals surface area contributed by atoms with E-state index in [0.717, 1.165) is 0 Å². The normalized spacial score (nSPS) is 9.93. The quantitative estimate of drug-likeness (QED) is 0.360. The maximum Gasteiger partial charge on any atom is 0.302 e. The number of nitrogens with zero attached hydrogens (tertiary/aromatic N) is 5. The minimum atomic E-state index is -0.333. The fraction of sp³-hybridized carbons (Fsp3) is 0.667. The van der Waals surface area contributed by atoms with Crippen molar-refractivity contribution in [3.8, 4) is 0 Å². The van der Waals surface area contributed by atoms with Crippen LogP contribution >= 0.6 is 0 Å². The molecule has 0 saturated carbocycles. The maximum absolute atomic E-state index is 10.5. The molecule has 0 aliphatic heterocycles. The van der Waals surface area contributed by atoms with Gasteiger partial charge in [0.1, 0.15) is 6.61 Å². The number of hydrogen-bond acceptors (Lipinski definition) is 7. The van der Waals surface area contributed by atoms with Crippen molar-refractivity contribution in [2.24, 2.45) is 5.84 Å². The van der Waals surface area contributed by atoms with Gasteiger partial charge in [-0.15, -0.1) is 0 Å². The Morgan fingerprint density at radius 2 is 2.43 bits per heavy atom. The second kappa shape index (κ2) is 4.51. The lowest BCUT2D eigenvalue weighted by Crippen LogP contribution is -2.29. The molecule has 0 radical (unpaired) electrons. The highest BCUT2D eigenvalue weighted by molar-refractivity contribution is 5.65. The van der Waals surface area contributed by atoms with E-state index in [0.29, 0.717) is 12.5 Å². The van der Waals surface area contributed by atoms with E-state index >= 15 is 0 Å². The first-order valence-corrected chi connectivity index (χ1v) is 3.99. The first kappa shape index (κ1) is 10.4. The molecular formula is C6H12N6O2. The number of hydrazine groups is 1. The first-order valence-electron chi connectivity index (χ1n) is 3.99. The Morgan fingerprint density at radius 1 is 1.71 bits per heavy atom. The van der Waals surface area contributed by atoms with E-state index in [1.165, 1.54) is 16.6 Å². The minimum absolute atomic E-state index is 0.223. The van der Waals surface area contributed by atoms with Crippen molar-refractivity contribution in [2.45, 2.75) is 13.5 Å². The lowest BCUT2D eigenvalue weighted by molar-refractivity contribution is -0.141. The van der Waals surface area contributed by atoms with Gasteiger partial charge in [0, 0.05) is 14.0 Å². The molecule has 0 unspecified atom stereocenters. The monoisotopic (exact) mass is 200 g/mol. The summed E-state index contributed by atoms with van der Waals surface area (Å²) < 4.78 is 6.18. The molecule has 2 N–H and O–H groups in total. The molecule has 0 aromatic carbocycles. The van der Waals surface area contributed by atoms with Gasteiger partial charge in [-0.1, -0.05) is 5.10 Å². The summed E-state index contributed by atoms with van der Waals surface area (Å²) in [4.78, 5) is 10.5. The molecule has 0 saturated heterocycles. The van der Waals surface area contributed by atoms with Gasteiger partial charge >= 0.3 is 5.97 Å². The van der Waals surface area contributed by atoms with Crippen LogP contribution in [0.5, 0.6) is 0 Å². The minimum Gasteiger partial charge on any atom is -0.464 e. The number of ether oxygens (including phenoxy) is 1. The number of rotatable bonds is 4. The van der Waals surface area contributed by atoms with Crippen molar-refractivity contribution < 1.29 is 9.53 Å². The van der Waals surface area contributed by atoms with Crippen molar-refractivity contribution in [3.63, 3.8) is 0 Å². The Bertz CT molecular complexity index is 309. The van der Waals surface area contributed by atoms with Gasteiger partial charge in [0.15, 0.2) is 0 Å². The molecule has 0 spiro atoms. The molecule has 0 bridgehead atoms. The summed E-state index contributed by atoms with van der Waals surface area (Å²) in [7, 11) is 1.62. The highest BCUT2D eigenvalue weighted by Crippen LogP contribution is 2.00. The van der Waals surface area contributed by atoms with Crippen LogP contribution in [0.25, 0.3) is 0 Å². The van der Waals surface area contributed by atoms with Gasteiger partial charge < -0.3 is 4.74 Å². The van der Waals surface area contributed by atoms with E-state index in [9.17, 15) is 4.79 Å². The Morgan fingerprint density at radius 3 is 3.00 bits per heavy atom. The van der Waals surface area contributed by atoms with E-state index in [-0.39, 0.29) is 12.6 Å². The Labute approximate surface area is 80.6 Å². The molecular weight excluding hydrogens is 188 g/mol. The van der Waals surface area contributed by atoms with Gasteiger partial charge in [0.2, 0.25) is 0 Å². The zero-order chi connectivity index (χ0) is 10.6. The molecule has 1 aromatic heterocycles. The fourth-order valence-electron chi connectivity index (χ4n) is 0.873. The van der Waals surface area contributed by atoms with Crippen LogP contribution in [-0.2, 0) is 16.1 Å². The number of esters is 1. The molecule has 0 aliphatic rings. The fourth-order valence-corrected chi connectivity index (χ4v) is 0.873. The average molecular weight is 200 g/mol. The van der Waals surface area contributed by atoms with Gasteiger partial charge in [-0.25, -0.2) is 10.5 Å². The van der Waals surface area contributed by atoms with Crippen LogP contribution in [0.15, 0.2) is 0 Å². The van der Waals surface area contributed by atoms with Gasteiger partial charge in [-0.2, -0.15) is 0 Å². The van der Waals surface area contributed by atoms with Crippen LogP contribution in [0.2, 0.25) is 0 Å². The summed E-state index contributed by atoms with van der Waals surface area (Å²) in [6.07, 6.45) is 0. The zero-order valence-corrected chi connectivity index (χ0v) is 8.04. The van der Waals surface area contributed by atoms with Crippen LogP contribution in [-0.4, -0.2) is 39.8 Å². The second-order valence-corrected chi connectivity index (χ2v) is 2.65. The number of tetrazole rings is 1. The van der Waals surface area contributed by atoms with Crippen LogP contribution in [0.1, 0.15) is 6.92 Å². The zero-order valence-electron chi connectivity index (χ0n) is 8.04. The van der Waals surface area contributed by atoms with E-state index in [4.69, 9.17) is 10.6 Å². The van der Waals surface area contributed by atoms with Crippen LogP contribution < -0.4 is 10.9 Å². The lowest BCUT2D eigenvalue weighted by atomic mass is 10.6. The topological polar surface area (TPSA) is 99.2 Å². The van der Waals surface area contributed by atoms with Crippen LogP contribution in [0.4, 0.5) is 5.95 Å². The molecule has 1 heterocycles. The Balaban J connectivity index is 2.50. The van der Waals surface area contributed by atoms with E-state index < -0.39 is 0 Å². The number of nitrogens with two attached hydrogens (primary N) is 1. The van der Waals surface area contributed by atoms with Crippen molar-refractivity contribution in [2.75, 3.05) is 18.7 Å². The SMILES string of the molecule is CC(=O)OCCn1nnnc1N(C)N. The number of carbonyl (C=O) groups excluding carboxylic acids is 1. The molecule has 78 valence electrons. The van der Waals surface area contributed by atoms with Gasteiger partial charge in [-0.3, -0.25) is 9.80 Å². The standard InChI is InChI=1S/C6H12N6O2/c1-5(13)14-4-3-12-6(11(2)7)8-9-10-12/h3-4,7H2,1-2H3. The Hall–Kier alpha value is -1.70. The summed E-state index contributed by atoms with van der Waals surface area (Å²) >= 11 is 0. The summed E-state index contributed by atoms with van der Waals surface area (Å²) in [5.41, 5.74) is 0. The van der Waals surface area contributed by atoms with Gasteiger partial charge in [-0.05, 0) is 10.4 Å². The molecule has 1 aromatic rings. The smallest absolute Gasteiger partial charge is 0.302 e. The maximum atomic E-state index is 10.5. The average Bonchev–Trinajstić information content (AvgIpc) is 2.51. The molecule has 14 heavy (non-hydrogen) atoms. The van der Waals surface area contributed by atoms with Gasteiger partial charge in [0.05, 0.1) is 6.54 Å². The molecule has 0 fully saturated rings. The largest absolute Gasteiger partial charge is 0.464 e. The molecule has 1 rings (SSSR count). The van der Waals surface area contributed by atoms with Crippen molar-refractivity contribution in [1.82, 2.24) is 20.2 Å². The van der Waals surface area contributed by atoms with Crippen molar-refractivity contribution >= 4 is 11.9 Å². The summed E-state index contributed by atoms with van der Waals surface area (Å²) in [6, 6.07) is 0. The molecule has 8 nitrogen and oxygen atoms in total. The van der Waals surface area contributed by atoms with Crippen molar-refractivity contribution in [1.29, 1.82) is 0 Å². The van der Waals surface area contributed by atoms with E-state index in [2.05, 4.69) is 15.5 Å². The third kappa shape index (κ3) is 2.66. The predicted molar refractivity (Wildman–Crippen MR) is 47.0 cm³/mol. The number of carbonyl (C=O) groups is 1. The molecule has 0 atom stereocenters. The van der Waals surface area contributed by atoms with E-state index in [1.807, 2.05) is 0 Å². The highest BCUT2D eigenvalue weighted by atomic mass is 16.5. The second-order valence-electron chi connectivity index (χ2n) is 2.65.